The van der Waals surface area contributed by atoms with Crippen molar-refractivity contribution >= 4 is 28.5 Å². The van der Waals surface area contributed by atoms with E-state index >= 15 is 0 Å². The first-order valence-corrected chi connectivity index (χ1v) is 9.21. The third-order valence-corrected chi connectivity index (χ3v) is 5.97. The summed E-state index contributed by atoms with van der Waals surface area (Å²) in [6.07, 6.45) is 6.33. The van der Waals surface area contributed by atoms with Gasteiger partial charge in [0.15, 0.2) is 5.17 Å². The van der Waals surface area contributed by atoms with Crippen LogP contribution in [-0.4, -0.2) is 23.0 Å². The number of rotatable bonds is 3. The van der Waals surface area contributed by atoms with Crippen molar-refractivity contribution in [3.63, 3.8) is 0 Å². The first-order valence-electron chi connectivity index (χ1n) is 7.85. The highest BCUT2D eigenvalue weighted by atomic mass is 35.5. The van der Waals surface area contributed by atoms with Crippen LogP contribution in [0.2, 0.25) is 5.02 Å². The summed E-state index contributed by atoms with van der Waals surface area (Å²) in [7, 11) is 0. The summed E-state index contributed by atoms with van der Waals surface area (Å²) >= 11 is 7.81. The zero-order valence-corrected chi connectivity index (χ0v) is 14.1. The number of hydrogen-bond donors (Lipinski definition) is 1. The fourth-order valence-electron chi connectivity index (χ4n) is 3.43. The van der Waals surface area contributed by atoms with E-state index in [0.717, 1.165) is 29.1 Å². The number of benzene rings is 1. The highest BCUT2D eigenvalue weighted by molar-refractivity contribution is 8.14. The Morgan fingerprint density at radius 1 is 1.38 bits per heavy atom. The molecular weight excluding hydrogens is 300 g/mol. The van der Waals surface area contributed by atoms with Gasteiger partial charge in [-0.2, -0.15) is 0 Å². The number of amidine groups is 1. The van der Waals surface area contributed by atoms with Gasteiger partial charge < -0.3 is 5.32 Å². The molecule has 2 aliphatic rings. The van der Waals surface area contributed by atoms with E-state index in [2.05, 4.69) is 24.4 Å². The molecule has 1 saturated carbocycles. The molecule has 1 saturated heterocycles. The van der Waals surface area contributed by atoms with E-state index in [1.54, 1.807) is 0 Å². The average Bonchev–Trinajstić information content (AvgIpc) is 2.83. The van der Waals surface area contributed by atoms with Crippen LogP contribution in [0.25, 0.3) is 0 Å². The van der Waals surface area contributed by atoms with Crippen LogP contribution >= 0.6 is 23.4 Å². The monoisotopic (exact) mass is 322 g/mol. The van der Waals surface area contributed by atoms with Gasteiger partial charge in [-0.05, 0) is 42.9 Å². The Balaban J connectivity index is 1.52. The van der Waals surface area contributed by atoms with Crippen LogP contribution in [0.1, 0.15) is 38.2 Å². The molecule has 1 aliphatic carbocycles. The molecule has 2 nitrogen and oxygen atoms in total. The fraction of sp³-hybridized carbons (Fsp3) is 0.588. The van der Waals surface area contributed by atoms with Crippen LogP contribution in [0.5, 0.6) is 0 Å². The number of aliphatic imine (C=N–C) groups is 1. The first kappa shape index (κ1) is 15.2. The Bertz CT molecular complexity index is 514. The Morgan fingerprint density at radius 3 is 2.95 bits per heavy atom. The lowest BCUT2D eigenvalue weighted by Gasteiger charge is -2.36. The van der Waals surface area contributed by atoms with Gasteiger partial charge in [0.2, 0.25) is 0 Å². The van der Waals surface area contributed by atoms with Gasteiger partial charge in [-0.1, -0.05) is 55.3 Å². The van der Waals surface area contributed by atoms with Crippen molar-refractivity contribution in [1.82, 2.24) is 5.32 Å². The second-order valence-electron chi connectivity index (χ2n) is 6.46. The lowest BCUT2D eigenvalue weighted by Crippen LogP contribution is -2.47. The van der Waals surface area contributed by atoms with Crippen molar-refractivity contribution in [2.45, 2.75) is 44.6 Å². The second kappa shape index (κ2) is 6.62. The molecule has 2 atom stereocenters. The molecule has 1 spiro atoms. The van der Waals surface area contributed by atoms with E-state index in [-0.39, 0.29) is 0 Å². The minimum Gasteiger partial charge on any atom is -0.359 e. The minimum absolute atomic E-state index is 0.335. The van der Waals surface area contributed by atoms with Gasteiger partial charge in [-0.15, -0.1) is 0 Å². The molecule has 1 N–H and O–H groups in total. The van der Waals surface area contributed by atoms with Crippen molar-refractivity contribution in [2.24, 2.45) is 10.9 Å². The van der Waals surface area contributed by atoms with Crippen molar-refractivity contribution in [2.75, 3.05) is 12.3 Å². The summed E-state index contributed by atoms with van der Waals surface area (Å²) < 4.78 is 0. The molecule has 0 radical (unpaired) electrons. The summed E-state index contributed by atoms with van der Waals surface area (Å²) in [4.78, 5) is 4.75. The molecule has 3 rings (SSSR count). The van der Waals surface area contributed by atoms with Gasteiger partial charge >= 0.3 is 0 Å². The molecule has 1 aromatic rings. The lowest BCUT2D eigenvalue weighted by molar-refractivity contribution is 0.242. The van der Waals surface area contributed by atoms with Gasteiger partial charge in [-0.3, -0.25) is 4.99 Å². The molecule has 21 heavy (non-hydrogen) atoms. The Hall–Kier alpha value is -0.670. The van der Waals surface area contributed by atoms with E-state index in [1.807, 2.05) is 23.9 Å². The molecular formula is C17H23ClN2S. The largest absolute Gasteiger partial charge is 0.359 e. The quantitative estimate of drug-likeness (QED) is 0.884. The molecule has 1 aromatic carbocycles. The van der Waals surface area contributed by atoms with Crippen molar-refractivity contribution in [3.05, 3.63) is 34.9 Å². The van der Waals surface area contributed by atoms with Gasteiger partial charge in [0.1, 0.15) is 0 Å². The van der Waals surface area contributed by atoms with E-state index < -0.39 is 0 Å². The molecule has 1 aliphatic heterocycles. The van der Waals surface area contributed by atoms with Crippen LogP contribution in [0.4, 0.5) is 0 Å². The molecule has 2 fully saturated rings. The standard InChI is InChI=1S/C17H23ClN2S/c1-13-3-2-9-17(11-13)12-21-16(20-17)19-10-8-14-4-6-15(18)7-5-14/h4-7,13H,2-3,8-12H2,1H3,(H,19,20). The zero-order valence-electron chi connectivity index (χ0n) is 12.6. The Kier molecular flexibility index (Phi) is 4.80. The van der Waals surface area contributed by atoms with Gasteiger partial charge in [0, 0.05) is 22.9 Å². The smallest absolute Gasteiger partial charge is 0.157 e. The van der Waals surface area contributed by atoms with Crippen LogP contribution in [-0.2, 0) is 6.42 Å². The SMILES string of the molecule is CC1CCCC2(CSC(=NCCc3ccc(Cl)cc3)N2)C1. The minimum atomic E-state index is 0.335. The van der Waals surface area contributed by atoms with E-state index in [9.17, 15) is 0 Å². The maximum Gasteiger partial charge on any atom is 0.157 e. The van der Waals surface area contributed by atoms with Crippen LogP contribution < -0.4 is 5.32 Å². The topological polar surface area (TPSA) is 24.4 Å². The summed E-state index contributed by atoms with van der Waals surface area (Å²) in [5.41, 5.74) is 1.63. The predicted molar refractivity (Wildman–Crippen MR) is 93.4 cm³/mol. The third-order valence-electron chi connectivity index (χ3n) is 4.52. The Labute approximate surface area is 136 Å². The summed E-state index contributed by atoms with van der Waals surface area (Å²) in [6.45, 7) is 3.23. The van der Waals surface area contributed by atoms with Crippen molar-refractivity contribution in [1.29, 1.82) is 0 Å². The number of nitrogens with zero attached hydrogens (tertiary/aromatic N) is 1. The van der Waals surface area contributed by atoms with Crippen LogP contribution in [0.15, 0.2) is 29.3 Å². The van der Waals surface area contributed by atoms with Crippen molar-refractivity contribution in [3.8, 4) is 0 Å². The summed E-state index contributed by atoms with van der Waals surface area (Å²) in [6, 6.07) is 8.07. The maximum absolute atomic E-state index is 5.90. The number of hydrogen-bond acceptors (Lipinski definition) is 2. The first-order chi connectivity index (χ1) is 10.2. The zero-order chi connectivity index (χ0) is 14.7. The van der Waals surface area contributed by atoms with Gasteiger partial charge in [0.25, 0.3) is 0 Å². The molecule has 1 heterocycles. The summed E-state index contributed by atoms with van der Waals surface area (Å²) in [5, 5.41) is 5.67. The highest BCUT2D eigenvalue weighted by Crippen LogP contribution is 2.38. The molecule has 0 aromatic heterocycles. The van der Waals surface area contributed by atoms with Gasteiger partial charge in [0.05, 0.1) is 0 Å². The van der Waals surface area contributed by atoms with E-state index in [4.69, 9.17) is 16.6 Å². The normalized spacial score (nSPS) is 30.8. The van der Waals surface area contributed by atoms with E-state index in [1.165, 1.54) is 37.0 Å². The molecule has 2 unspecified atom stereocenters. The second-order valence-corrected chi connectivity index (χ2v) is 7.86. The molecule has 114 valence electrons. The van der Waals surface area contributed by atoms with Crippen LogP contribution in [0, 0.1) is 5.92 Å². The third kappa shape index (κ3) is 3.95. The maximum atomic E-state index is 5.90. The fourth-order valence-corrected chi connectivity index (χ4v) is 4.78. The van der Waals surface area contributed by atoms with Gasteiger partial charge in [-0.25, -0.2) is 0 Å². The number of halogens is 1. The molecule has 0 amide bonds. The predicted octanol–water partition coefficient (Wildman–Crippen LogP) is 4.52. The van der Waals surface area contributed by atoms with E-state index in [0.29, 0.717) is 5.54 Å². The number of thioether (sulfide) groups is 1. The van der Waals surface area contributed by atoms with Crippen molar-refractivity contribution < 1.29 is 0 Å². The highest BCUT2D eigenvalue weighted by Gasteiger charge is 2.40. The Morgan fingerprint density at radius 2 is 2.19 bits per heavy atom. The molecule has 4 heteroatoms. The van der Waals surface area contributed by atoms with Crippen LogP contribution in [0.3, 0.4) is 0 Å². The lowest BCUT2D eigenvalue weighted by atomic mass is 9.78. The molecule has 0 bridgehead atoms. The summed E-state index contributed by atoms with van der Waals surface area (Å²) in [5.74, 6) is 2.04. The number of nitrogens with one attached hydrogen (secondary N) is 1. The average molecular weight is 323 g/mol.